The number of sulfonamides is 1. The van der Waals surface area contributed by atoms with Gasteiger partial charge in [-0.2, -0.15) is 0 Å². The molecule has 0 fully saturated rings. The molecule has 0 spiro atoms. The largest absolute Gasteiger partial charge is 0.350 e. The fourth-order valence-corrected chi connectivity index (χ4v) is 6.03. The lowest BCUT2D eigenvalue weighted by Gasteiger charge is -2.35. The minimum Gasteiger partial charge on any atom is -0.350 e. The zero-order chi connectivity index (χ0) is 30.5. The first kappa shape index (κ1) is 31.9. The predicted molar refractivity (Wildman–Crippen MR) is 165 cm³/mol. The van der Waals surface area contributed by atoms with Crippen molar-refractivity contribution in [1.82, 2.24) is 10.2 Å². The monoisotopic (exact) mass is 577 g/mol. The molecule has 1 N–H and O–H groups in total. The fraction of sp³-hybridized carbons (Fsp3) is 0.394. The summed E-state index contributed by atoms with van der Waals surface area (Å²) in [5.41, 5.74) is 4.64. The zero-order valence-electron chi connectivity index (χ0n) is 25.5. The SMILES string of the molecule is CCC(C(=O)NC(C)(C)C)N(Cc1cccc(C)c1)C(=O)CN(c1ccc(C)c(C)c1)S(=O)(=O)c1ccc(C)cc1. The maximum Gasteiger partial charge on any atom is 0.264 e. The molecular formula is C33H43N3O4S. The van der Waals surface area contributed by atoms with Crippen LogP contribution in [0.5, 0.6) is 0 Å². The van der Waals surface area contributed by atoms with Gasteiger partial charge in [0.05, 0.1) is 10.6 Å². The van der Waals surface area contributed by atoms with E-state index in [0.717, 1.165) is 32.1 Å². The van der Waals surface area contributed by atoms with Gasteiger partial charge in [-0.15, -0.1) is 0 Å². The van der Waals surface area contributed by atoms with Crippen LogP contribution in [0, 0.1) is 27.7 Å². The molecule has 0 aliphatic carbocycles. The number of anilines is 1. The number of nitrogens with zero attached hydrogens (tertiary/aromatic N) is 2. The van der Waals surface area contributed by atoms with E-state index in [2.05, 4.69) is 5.32 Å². The van der Waals surface area contributed by atoms with Crippen LogP contribution in [0.25, 0.3) is 0 Å². The Labute approximate surface area is 245 Å². The molecule has 1 atom stereocenters. The Balaban J connectivity index is 2.10. The van der Waals surface area contributed by atoms with Crippen molar-refractivity contribution in [2.75, 3.05) is 10.8 Å². The lowest BCUT2D eigenvalue weighted by molar-refractivity contribution is -0.141. The van der Waals surface area contributed by atoms with E-state index in [1.807, 2.05) is 85.7 Å². The van der Waals surface area contributed by atoms with Gasteiger partial charge >= 0.3 is 0 Å². The van der Waals surface area contributed by atoms with Crippen molar-refractivity contribution in [2.24, 2.45) is 0 Å². The normalized spacial score (nSPS) is 12.5. The second-order valence-electron chi connectivity index (χ2n) is 11.8. The van der Waals surface area contributed by atoms with Crippen LogP contribution in [0.1, 0.15) is 61.9 Å². The van der Waals surface area contributed by atoms with Crippen LogP contribution < -0.4 is 9.62 Å². The van der Waals surface area contributed by atoms with E-state index < -0.39 is 34.1 Å². The Morgan fingerprint density at radius 1 is 0.854 bits per heavy atom. The van der Waals surface area contributed by atoms with Crippen LogP contribution in [0.4, 0.5) is 5.69 Å². The van der Waals surface area contributed by atoms with Crippen molar-refractivity contribution in [1.29, 1.82) is 0 Å². The molecule has 3 aromatic rings. The van der Waals surface area contributed by atoms with Gasteiger partial charge in [0.1, 0.15) is 12.6 Å². The smallest absolute Gasteiger partial charge is 0.264 e. The first-order valence-electron chi connectivity index (χ1n) is 14.0. The summed E-state index contributed by atoms with van der Waals surface area (Å²) in [6.07, 6.45) is 0.369. The van der Waals surface area contributed by atoms with E-state index in [1.165, 1.54) is 4.90 Å². The highest BCUT2D eigenvalue weighted by Gasteiger charge is 2.34. The summed E-state index contributed by atoms with van der Waals surface area (Å²) in [7, 11) is -4.10. The predicted octanol–water partition coefficient (Wildman–Crippen LogP) is 5.84. The molecular weight excluding hydrogens is 534 g/mol. The van der Waals surface area contributed by atoms with Gasteiger partial charge in [0.2, 0.25) is 11.8 Å². The second kappa shape index (κ2) is 12.9. The van der Waals surface area contributed by atoms with Crippen molar-refractivity contribution in [3.8, 4) is 0 Å². The van der Waals surface area contributed by atoms with Gasteiger partial charge < -0.3 is 10.2 Å². The first-order chi connectivity index (χ1) is 19.1. The molecule has 7 nitrogen and oxygen atoms in total. The third-order valence-electron chi connectivity index (χ3n) is 6.99. The molecule has 3 rings (SSSR count). The highest BCUT2D eigenvalue weighted by Crippen LogP contribution is 2.27. The zero-order valence-corrected chi connectivity index (χ0v) is 26.3. The number of hydrogen-bond donors (Lipinski definition) is 1. The van der Waals surface area contributed by atoms with Crippen molar-refractivity contribution in [3.05, 3.63) is 94.5 Å². The highest BCUT2D eigenvalue weighted by molar-refractivity contribution is 7.92. The average molecular weight is 578 g/mol. The molecule has 0 aromatic heterocycles. The van der Waals surface area contributed by atoms with Gasteiger partial charge in [0.25, 0.3) is 10.0 Å². The van der Waals surface area contributed by atoms with Crippen LogP contribution >= 0.6 is 0 Å². The van der Waals surface area contributed by atoms with Gasteiger partial charge in [-0.05, 0) is 95.8 Å². The summed E-state index contributed by atoms with van der Waals surface area (Å²) in [5.74, 6) is -0.739. The number of carbonyl (C=O) groups excluding carboxylic acids is 2. The molecule has 0 aliphatic rings. The van der Waals surface area contributed by atoms with Crippen molar-refractivity contribution in [3.63, 3.8) is 0 Å². The van der Waals surface area contributed by atoms with E-state index in [-0.39, 0.29) is 17.3 Å². The Kier molecular flexibility index (Phi) is 10.0. The number of aryl methyl sites for hydroxylation is 4. The molecule has 1 unspecified atom stereocenters. The Morgan fingerprint density at radius 3 is 2.07 bits per heavy atom. The summed E-state index contributed by atoms with van der Waals surface area (Å²) in [6.45, 7) is 14.9. The quantitative estimate of drug-likeness (QED) is 0.328. The minimum absolute atomic E-state index is 0.0943. The summed E-state index contributed by atoms with van der Waals surface area (Å²) in [6, 6.07) is 18.9. The van der Waals surface area contributed by atoms with Crippen molar-refractivity contribution >= 4 is 27.5 Å². The molecule has 3 aromatic carbocycles. The molecule has 2 amide bonds. The Bertz CT molecular complexity index is 1490. The number of hydrogen-bond acceptors (Lipinski definition) is 4. The van der Waals surface area contributed by atoms with Crippen molar-refractivity contribution < 1.29 is 18.0 Å². The third kappa shape index (κ3) is 8.19. The van der Waals surface area contributed by atoms with Crippen LogP contribution in [0.15, 0.2) is 71.6 Å². The maximum atomic E-state index is 14.2. The minimum atomic E-state index is -4.10. The molecule has 220 valence electrons. The third-order valence-corrected chi connectivity index (χ3v) is 8.77. The van der Waals surface area contributed by atoms with Gasteiger partial charge in [0.15, 0.2) is 0 Å². The average Bonchev–Trinajstić information content (AvgIpc) is 2.88. The molecule has 0 saturated heterocycles. The summed E-state index contributed by atoms with van der Waals surface area (Å²) in [4.78, 5) is 29.3. The number of nitrogens with one attached hydrogen (secondary N) is 1. The number of rotatable bonds is 10. The van der Waals surface area contributed by atoms with Crippen LogP contribution in [0.2, 0.25) is 0 Å². The summed E-state index contributed by atoms with van der Waals surface area (Å²) in [5, 5.41) is 3.00. The topological polar surface area (TPSA) is 86.8 Å². The molecule has 0 radical (unpaired) electrons. The van der Waals surface area contributed by atoms with Crippen molar-refractivity contribution in [2.45, 2.75) is 84.8 Å². The van der Waals surface area contributed by atoms with Gasteiger partial charge in [0, 0.05) is 12.1 Å². The van der Waals surface area contributed by atoms with Gasteiger partial charge in [-0.1, -0.05) is 60.5 Å². The van der Waals surface area contributed by atoms with Gasteiger partial charge in [-0.3, -0.25) is 13.9 Å². The lowest BCUT2D eigenvalue weighted by Crippen LogP contribution is -2.55. The molecule has 0 aliphatic heterocycles. The molecule has 0 bridgehead atoms. The van der Waals surface area contributed by atoms with E-state index >= 15 is 0 Å². The molecule has 0 saturated carbocycles. The maximum absolute atomic E-state index is 14.2. The van der Waals surface area contributed by atoms with Crippen LogP contribution in [0.3, 0.4) is 0 Å². The first-order valence-corrected chi connectivity index (χ1v) is 15.4. The Hall–Kier alpha value is -3.65. The van der Waals surface area contributed by atoms with E-state index in [0.29, 0.717) is 12.1 Å². The van der Waals surface area contributed by atoms with E-state index in [1.54, 1.807) is 36.4 Å². The second-order valence-corrected chi connectivity index (χ2v) is 13.6. The highest BCUT2D eigenvalue weighted by atomic mass is 32.2. The number of amides is 2. The summed E-state index contributed by atoms with van der Waals surface area (Å²) >= 11 is 0. The van der Waals surface area contributed by atoms with Crippen LogP contribution in [-0.2, 0) is 26.2 Å². The van der Waals surface area contributed by atoms with Crippen LogP contribution in [-0.4, -0.2) is 43.3 Å². The van der Waals surface area contributed by atoms with E-state index in [4.69, 9.17) is 0 Å². The lowest BCUT2D eigenvalue weighted by atomic mass is 10.0. The van der Waals surface area contributed by atoms with E-state index in [9.17, 15) is 18.0 Å². The molecule has 0 heterocycles. The van der Waals surface area contributed by atoms with Gasteiger partial charge in [-0.25, -0.2) is 8.42 Å². The summed E-state index contributed by atoms with van der Waals surface area (Å²) < 4.78 is 29.2. The standard InChI is InChI=1S/C33H43N3O4S/c1-9-30(32(38)34-33(6,7)8)35(21-27-12-10-11-24(3)19-27)31(37)22-36(28-16-15-25(4)26(5)20-28)41(39,40)29-17-13-23(2)14-18-29/h10-20,30H,9,21-22H2,1-8H3,(H,34,38). The molecule has 8 heteroatoms. The number of benzene rings is 3. The molecule has 41 heavy (non-hydrogen) atoms. The Morgan fingerprint density at radius 2 is 1.51 bits per heavy atom. The fourth-order valence-electron chi connectivity index (χ4n) is 4.63. The number of carbonyl (C=O) groups is 2.